The second-order valence-electron chi connectivity index (χ2n) is 6.20. The second-order valence-corrected chi connectivity index (χ2v) is 6.20. The summed E-state index contributed by atoms with van der Waals surface area (Å²) in [5.74, 6) is 1.07. The number of hydrogen-bond acceptors (Lipinski definition) is 2. The maximum absolute atomic E-state index is 12.0. The van der Waals surface area contributed by atoms with Crippen molar-refractivity contribution in [3.8, 4) is 0 Å². The standard InChI is InChI=1S/C15H26O2/c1-6-8-12-9-7-10-13(12)11(2)14(16)17-15(3,4)5/h6,11-13H,1,7-10H2,2-5H3/t11-,12+,13+/m0/s1. The van der Waals surface area contributed by atoms with E-state index in [1.807, 2.05) is 33.8 Å². The molecule has 0 aromatic carbocycles. The minimum Gasteiger partial charge on any atom is -0.460 e. The van der Waals surface area contributed by atoms with Gasteiger partial charge in [-0.2, -0.15) is 0 Å². The molecule has 0 N–H and O–H groups in total. The Labute approximate surface area is 105 Å². The van der Waals surface area contributed by atoms with E-state index in [2.05, 4.69) is 6.58 Å². The van der Waals surface area contributed by atoms with Crippen LogP contribution in [-0.4, -0.2) is 11.6 Å². The Kier molecular flexibility index (Phi) is 4.79. The molecule has 0 saturated heterocycles. The SMILES string of the molecule is C=CC[C@@H]1CCC[C@@H]1[C@H](C)C(=O)OC(C)(C)C. The fourth-order valence-corrected chi connectivity index (χ4v) is 2.80. The first-order chi connectivity index (χ1) is 7.85. The van der Waals surface area contributed by atoms with E-state index in [4.69, 9.17) is 4.74 Å². The molecule has 2 heteroatoms. The Morgan fingerprint density at radius 1 is 1.47 bits per heavy atom. The highest BCUT2D eigenvalue weighted by Gasteiger charge is 2.35. The van der Waals surface area contributed by atoms with E-state index >= 15 is 0 Å². The van der Waals surface area contributed by atoms with Crippen molar-refractivity contribution in [2.75, 3.05) is 0 Å². The van der Waals surface area contributed by atoms with E-state index in [9.17, 15) is 4.79 Å². The third-order valence-electron chi connectivity index (χ3n) is 3.61. The number of ether oxygens (including phenoxy) is 1. The topological polar surface area (TPSA) is 26.3 Å². The molecule has 0 spiro atoms. The van der Waals surface area contributed by atoms with Crippen molar-refractivity contribution in [3.05, 3.63) is 12.7 Å². The predicted molar refractivity (Wildman–Crippen MR) is 70.7 cm³/mol. The van der Waals surface area contributed by atoms with Crippen molar-refractivity contribution in [1.29, 1.82) is 0 Å². The summed E-state index contributed by atoms with van der Waals surface area (Å²) < 4.78 is 5.47. The van der Waals surface area contributed by atoms with Crippen molar-refractivity contribution in [1.82, 2.24) is 0 Å². The summed E-state index contributed by atoms with van der Waals surface area (Å²) in [5, 5.41) is 0. The van der Waals surface area contributed by atoms with Gasteiger partial charge in [-0.25, -0.2) is 0 Å². The van der Waals surface area contributed by atoms with Crippen molar-refractivity contribution in [2.45, 2.75) is 59.0 Å². The Bertz CT molecular complexity index is 275. The minimum absolute atomic E-state index is 0.0154. The first kappa shape index (κ1) is 14.3. The summed E-state index contributed by atoms with van der Waals surface area (Å²) in [6.45, 7) is 11.6. The van der Waals surface area contributed by atoms with Crippen molar-refractivity contribution in [3.63, 3.8) is 0 Å². The molecule has 0 aliphatic heterocycles. The van der Waals surface area contributed by atoms with Crippen LogP contribution in [0.3, 0.4) is 0 Å². The van der Waals surface area contributed by atoms with Crippen LogP contribution in [0.15, 0.2) is 12.7 Å². The quantitative estimate of drug-likeness (QED) is 0.547. The van der Waals surface area contributed by atoms with Gasteiger partial charge in [0.2, 0.25) is 0 Å². The monoisotopic (exact) mass is 238 g/mol. The van der Waals surface area contributed by atoms with E-state index in [0.717, 1.165) is 12.8 Å². The molecule has 0 unspecified atom stereocenters. The summed E-state index contributed by atoms with van der Waals surface area (Å²) in [6, 6.07) is 0. The summed E-state index contributed by atoms with van der Waals surface area (Å²) in [4.78, 5) is 12.0. The van der Waals surface area contributed by atoms with Crippen LogP contribution in [0.2, 0.25) is 0 Å². The molecule has 1 saturated carbocycles. The lowest BCUT2D eigenvalue weighted by Crippen LogP contribution is -2.32. The third kappa shape index (κ3) is 4.18. The first-order valence-electron chi connectivity index (χ1n) is 6.69. The molecule has 0 amide bonds. The highest BCUT2D eigenvalue weighted by molar-refractivity contribution is 5.72. The van der Waals surface area contributed by atoms with Crippen LogP contribution < -0.4 is 0 Å². The van der Waals surface area contributed by atoms with E-state index in [0.29, 0.717) is 11.8 Å². The van der Waals surface area contributed by atoms with Gasteiger partial charge in [-0.05, 0) is 51.9 Å². The zero-order valence-electron chi connectivity index (χ0n) is 11.7. The number of carbonyl (C=O) groups is 1. The number of rotatable bonds is 4. The van der Waals surface area contributed by atoms with E-state index in [1.54, 1.807) is 0 Å². The normalized spacial score (nSPS) is 26.6. The summed E-state index contributed by atoms with van der Waals surface area (Å²) >= 11 is 0. The van der Waals surface area contributed by atoms with Gasteiger partial charge >= 0.3 is 5.97 Å². The predicted octanol–water partition coefficient (Wildman–Crippen LogP) is 3.96. The Hall–Kier alpha value is -0.790. The number of hydrogen-bond donors (Lipinski definition) is 0. The third-order valence-corrected chi connectivity index (χ3v) is 3.61. The molecule has 0 radical (unpaired) electrons. The van der Waals surface area contributed by atoms with Crippen LogP contribution in [0.4, 0.5) is 0 Å². The van der Waals surface area contributed by atoms with Crippen molar-refractivity contribution < 1.29 is 9.53 Å². The lowest BCUT2D eigenvalue weighted by molar-refractivity contribution is -0.161. The second kappa shape index (κ2) is 5.70. The average Bonchev–Trinajstić information content (AvgIpc) is 2.62. The van der Waals surface area contributed by atoms with Gasteiger partial charge in [0, 0.05) is 0 Å². The molecular formula is C15H26O2. The lowest BCUT2D eigenvalue weighted by atomic mass is 9.83. The summed E-state index contributed by atoms with van der Waals surface area (Å²) in [7, 11) is 0. The van der Waals surface area contributed by atoms with Crippen LogP contribution in [0, 0.1) is 17.8 Å². The highest BCUT2D eigenvalue weighted by Crippen LogP contribution is 2.39. The molecule has 0 heterocycles. The molecule has 98 valence electrons. The van der Waals surface area contributed by atoms with Gasteiger partial charge < -0.3 is 4.74 Å². The first-order valence-corrected chi connectivity index (χ1v) is 6.69. The molecule has 17 heavy (non-hydrogen) atoms. The number of carbonyl (C=O) groups excluding carboxylic acids is 1. The van der Waals surface area contributed by atoms with Crippen LogP contribution >= 0.6 is 0 Å². The zero-order chi connectivity index (χ0) is 13.1. The van der Waals surface area contributed by atoms with Crippen molar-refractivity contribution >= 4 is 5.97 Å². The number of esters is 1. The Morgan fingerprint density at radius 2 is 2.12 bits per heavy atom. The maximum atomic E-state index is 12.0. The fraction of sp³-hybridized carbons (Fsp3) is 0.800. The molecule has 0 aromatic heterocycles. The van der Waals surface area contributed by atoms with Gasteiger partial charge in [-0.3, -0.25) is 4.79 Å². The highest BCUT2D eigenvalue weighted by atomic mass is 16.6. The molecular weight excluding hydrogens is 212 g/mol. The minimum atomic E-state index is -0.377. The van der Waals surface area contributed by atoms with Gasteiger partial charge in [0.25, 0.3) is 0 Å². The molecule has 2 nitrogen and oxygen atoms in total. The van der Waals surface area contributed by atoms with Gasteiger partial charge in [0.1, 0.15) is 5.60 Å². The van der Waals surface area contributed by atoms with Crippen LogP contribution in [-0.2, 0) is 9.53 Å². The van der Waals surface area contributed by atoms with Gasteiger partial charge in [-0.1, -0.05) is 19.4 Å². The number of allylic oxidation sites excluding steroid dienone is 1. The average molecular weight is 238 g/mol. The zero-order valence-corrected chi connectivity index (χ0v) is 11.7. The van der Waals surface area contributed by atoms with Gasteiger partial charge in [-0.15, -0.1) is 6.58 Å². The van der Waals surface area contributed by atoms with Gasteiger partial charge in [0.15, 0.2) is 0 Å². The Morgan fingerprint density at radius 3 is 2.65 bits per heavy atom. The molecule has 1 fully saturated rings. The summed E-state index contributed by atoms with van der Waals surface area (Å²) in [5.41, 5.74) is -0.377. The molecule has 0 bridgehead atoms. The molecule has 1 rings (SSSR count). The van der Waals surface area contributed by atoms with Crippen LogP contribution in [0.5, 0.6) is 0 Å². The molecule has 1 aliphatic rings. The maximum Gasteiger partial charge on any atom is 0.309 e. The van der Waals surface area contributed by atoms with Crippen LogP contribution in [0.25, 0.3) is 0 Å². The Balaban J connectivity index is 2.59. The summed E-state index contributed by atoms with van der Waals surface area (Å²) in [6.07, 6.45) is 6.61. The van der Waals surface area contributed by atoms with Gasteiger partial charge in [0.05, 0.1) is 5.92 Å². The van der Waals surface area contributed by atoms with Crippen LogP contribution in [0.1, 0.15) is 53.4 Å². The van der Waals surface area contributed by atoms with E-state index in [1.165, 1.54) is 12.8 Å². The van der Waals surface area contributed by atoms with Crippen molar-refractivity contribution in [2.24, 2.45) is 17.8 Å². The molecule has 3 atom stereocenters. The van der Waals surface area contributed by atoms with E-state index in [-0.39, 0.29) is 17.5 Å². The molecule has 1 aliphatic carbocycles. The fourth-order valence-electron chi connectivity index (χ4n) is 2.80. The molecule has 0 aromatic rings. The largest absolute Gasteiger partial charge is 0.460 e. The smallest absolute Gasteiger partial charge is 0.309 e. The lowest BCUT2D eigenvalue weighted by Gasteiger charge is -2.27. The van der Waals surface area contributed by atoms with E-state index < -0.39 is 0 Å².